The Balaban J connectivity index is 2.20. The smallest absolute Gasteiger partial charge is 0.231 e. The Morgan fingerprint density at radius 2 is 1.83 bits per heavy atom. The van der Waals surface area contributed by atoms with Crippen LogP contribution in [0.2, 0.25) is 0 Å². The van der Waals surface area contributed by atoms with Crippen LogP contribution in [-0.4, -0.2) is 23.9 Å². The van der Waals surface area contributed by atoms with E-state index in [2.05, 4.69) is 9.97 Å². The Kier molecular flexibility index (Phi) is 2.51. The predicted molar refractivity (Wildman–Crippen MR) is 64.9 cm³/mol. The fourth-order valence-electron chi connectivity index (χ4n) is 1.95. The van der Waals surface area contributed by atoms with E-state index in [1.807, 2.05) is 19.1 Å². The standard InChI is InChI=1S/C13H12N2O3/c1-8-13(15-4-3-14-8)9-5-11-12(18-7-17-11)6-10(9)16-2/h3-6H,7H2,1-2H3. The van der Waals surface area contributed by atoms with Crippen LogP contribution in [-0.2, 0) is 0 Å². The van der Waals surface area contributed by atoms with Gasteiger partial charge in [-0.3, -0.25) is 9.97 Å². The first-order chi connectivity index (χ1) is 8.79. The minimum absolute atomic E-state index is 0.237. The van der Waals surface area contributed by atoms with Gasteiger partial charge in [0.1, 0.15) is 5.75 Å². The van der Waals surface area contributed by atoms with Gasteiger partial charge in [0.2, 0.25) is 6.79 Å². The van der Waals surface area contributed by atoms with E-state index < -0.39 is 0 Å². The monoisotopic (exact) mass is 244 g/mol. The van der Waals surface area contributed by atoms with E-state index in [-0.39, 0.29) is 6.79 Å². The number of rotatable bonds is 2. The molecule has 0 saturated carbocycles. The summed E-state index contributed by atoms with van der Waals surface area (Å²) in [4.78, 5) is 8.58. The van der Waals surface area contributed by atoms with Crippen LogP contribution < -0.4 is 14.2 Å². The molecule has 0 aliphatic carbocycles. The average molecular weight is 244 g/mol. The Bertz CT molecular complexity index is 599. The number of fused-ring (bicyclic) bond motifs is 1. The molecule has 0 radical (unpaired) electrons. The van der Waals surface area contributed by atoms with E-state index in [4.69, 9.17) is 14.2 Å². The van der Waals surface area contributed by atoms with Crippen LogP contribution in [0.1, 0.15) is 5.69 Å². The molecule has 92 valence electrons. The summed E-state index contributed by atoms with van der Waals surface area (Å²) in [6.45, 7) is 2.15. The molecule has 2 heterocycles. The Morgan fingerprint density at radius 3 is 2.56 bits per heavy atom. The van der Waals surface area contributed by atoms with Crippen molar-refractivity contribution in [2.45, 2.75) is 6.92 Å². The summed E-state index contributed by atoms with van der Waals surface area (Å²) < 4.78 is 16.1. The zero-order chi connectivity index (χ0) is 12.5. The van der Waals surface area contributed by atoms with Crippen LogP contribution in [0.15, 0.2) is 24.5 Å². The summed E-state index contributed by atoms with van der Waals surface area (Å²) in [7, 11) is 1.62. The van der Waals surface area contributed by atoms with E-state index in [9.17, 15) is 0 Å². The maximum atomic E-state index is 5.38. The summed E-state index contributed by atoms with van der Waals surface area (Å²) >= 11 is 0. The number of benzene rings is 1. The number of aryl methyl sites for hydroxylation is 1. The van der Waals surface area contributed by atoms with E-state index in [1.165, 1.54) is 0 Å². The van der Waals surface area contributed by atoms with Crippen molar-refractivity contribution in [1.82, 2.24) is 9.97 Å². The van der Waals surface area contributed by atoms with E-state index >= 15 is 0 Å². The highest BCUT2D eigenvalue weighted by Crippen LogP contribution is 2.42. The minimum atomic E-state index is 0.237. The van der Waals surface area contributed by atoms with Gasteiger partial charge in [0.15, 0.2) is 11.5 Å². The van der Waals surface area contributed by atoms with Crippen molar-refractivity contribution in [2.24, 2.45) is 0 Å². The summed E-state index contributed by atoms with van der Waals surface area (Å²) in [6.07, 6.45) is 3.32. The van der Waals surface area contributed by atoms with E-state index in [1.54, 1.807) is 19.5 Å². The molecule has 3 rings (SSSR count). The zero-order valence-corrected chi connectivity index (χ0v) is 10.1. The highest BCUT2D eigenvalue weighted by atomic mass is 16.7. The molecular formula is C13H12N2O3. The van der Waals surface area contributed by atoms with Gasteiger partial charge in [-0.25, -0.2) is 0 Å². The number of hydrogen-bond acceptors (Lipinski definition) is 5. The largest absolute Gasteiger partial charge is 0.496 e. The molecule has 5 nitrogen and oxygen atoms in total. The summed E-state index contributed by atoms with van der Waals surface area (Å²) in [6, 6.07) is 3.68. The zero-order valence-electron chi connectivity index (χ0n) is 10.1. The fourth-order valence-corrected chi connectivity index (χ4v) is 1.95. The van der Waals surface area contributed by atoms with Crippen molar-refractivity contribution in [2.75, 3.05) is 13.9 Å². The molecule has 2 aromatic rings. The molecule has 5 heteroatoms. The van der Waals surface area contributed by atoms with Crippen molar-refractivity contribution in [3.63, 3.8) is 0 Å². The van der Waals surface area contributed by atoms with Crippen LogP contribution in [0.25, 0.3) is 11.3 Å². The molecule has 0 bridgehead atoms. The quantitative estimate of drug-likeness (QED) is 0.810. The van der Waals surface area contributed by atoms with Gasteiger partial charge < -0.3 is 14.2 Å². The SMILES string of the molecule is COc1cc2c(cc1-c1nccnc1C)OCO2. The second-order valence-corrected chi connectivity index (χ2v) is 3.90. The second kappa shape index (κ2) is 4.18. The molecule has 0 fully saturated rings. The molecule has 1 aliphatic heterocycles. The lowest BCUT2D eigenvalue weighted by Crippen LogP contribution is -1.94. The van der Waals surface area contributed by atoms with Gasteiger partial charge in [-0.05, 0) is 13.0 Å². The lowest BCUT2D eigenvalue weighted by atomic mass is 10.1. The van der Waals surface area contributed by atoms with Crippen molar-refractivity contribution in [3.05, 3.63) is 30.2 Å². The molecule has 1 aromatic carbocycles. The first-order valence-corrected chi connectivity index (χ1v) is 5.55. The minimum Gasteiger partial charge on any atom is -0.496 e. The van der Waals surface area contributed by atoms with Crippen LogP contribution in [0.3, 0.4) is 0 Å². The fraction of sp³-hybridized carbons (Fsp3) is 0.231. The lowest BCUT2D eigenvalue weighted by Gasteiger charge is -2.10. The molecule has 18 heavy (non-hydrogen) atoms. The first-order valence-electron chi connectivity index (χ1n) is 5.55. The van der Waals surface area contributed by atoms with Gasteiger partial charge in [-0.2, -0.15) is 0 Å². The topological polar surface area (TPSA) is 53.5 Å². The number of hydrogen-bond donors (Lipinski definition) is 0. The molecule has 0 unspecified atom stereocenters. The van der Waals surface area contributed by atoms with E-state index in [0.29, 0.717) is 17.2 Å². The van der Waals surface area contributed by atoms with Crippen molar-refractivity contribution < 1.29 is 14.2 Å². The predicted octanol–water partition coefficient (Wildman–Crippen LogP) is 2.19. The van der Waals surface area contributed by atoms with E-state index in [0.717, 1.165) is 17.0 Å². The Hall–Kier alpha value is -2.30. The molecule has 0 amide bonds. The van der Waals surface area contributed by atoms with Crippen LogP contribution >= 0.6 is 0 Å². The van der Waals surface area contributed by atoms with Gasteiger partial charge >= 0.3 is 0 Å². The van der Waals surface area contributed by atoms with Crippen LogP contribution in [0.5, 0.6) is 17.2 Å². The highest BCUT2D eigenvalue weighted by molar-refractivity contribution is 5.73. The molecular weight excluding hydrogens is 232 g/mol. The van der Waals surface area contributed by atoms with Gasteiger partial charge in [0.25, 0.3) is 0 Å². The van der Waals surface area contributed by atoms with Crippen molar-refractivity contribution in [3.8, 4) is 28.5 Å². The van der Waals surface area contributed by atoms with Crippen LogP contribution in [0, 0.1) is 6.92 Å². The van der Waals surface area contributed by atoms with Gasteiger partial charge in [0.05, 0.1) is 18.5 Å². The normalized spacial score (nSPS) is 12.6. The third kappa shape index (κ3) is 1.64. The molecule has 1 aromatic heterocycles. The Morgan fingerprint density at radius 1 is 1.11 bits per heavy atom. The summed E-state index contributed by atoms with van der Waals surface area (Å²) in [5.74, 6) is 2.09. The maximum absolute atomic E-state index is 5.38. The number of aromatic nitrogens is 2. The van der Waals surface area contributed by atoms with Crippen LogP contribution in [0.4, 0.5) is 0 Å². The Labute approximate surface area is 104 Å². The molecule has 0 spiro atoms. The summed E-state index contributed by atoms with van der Waals surface area (Å²) in [5, 5.41) is 0. The highest BCUT2D eigenvalue weighted by Gasteiger charge is 2.20. The molecule has 1 aliphatic rings. The van der Waals surface area contributed by atoms with Gasteiger partial charge in [0, 0.05) is 24.0 Å². The third-order valence-electron chi connectivity index (χ3n) is 2.83. The number of methoxy groups -OCH3 is 1. The van der Waals surface area contributed by atoms with Gasteiger partial charge in [-0.1, -0.05) is 0 Å². The molecule has 0 atom stereocenters. The van der Waals surface area contributed by atoms with Crippen molar-refractivity contribution in [1.29, 1.82) is 0 Å². The first kappa shape index (κ1) is 10.8. The number of nitrogens with zero attached hydrogens (tertiary/aromatic N) is 2. The van der Waals surface area contributed by atoms with Gasteiger partial charge in [-0.15, -0.1) is 0 Å². The lowest BCUT2D eigenvalue weighted by molar-refractivity contribution is 0.174. The third-order valence-corrected chi connectivity index (χ3v) is 2.83. The van der Waals surface area contributed by atoms with Crippen molar-refractivity contribution >= 4 is 0 Å². The number of ether oxygens (including phenoxy) is 3. The maximum Gasteiger partial charge on any atom is 0.231 e. The second-order valence-electron chi connectivity index (χ2n) is 3.90. The molecule has 0 N–H and O–H groups in total. The summed E-state index contributed by atoms with van der Waals surface area (Å²) in [5.41, 5.74) is 2.48. The molecule has 0 saturated heterocycles. The average Bonchev–Trinajstić information content (AvgIpc) is 2.85.